The quantitative estimate of drug-likeness (QED) is 0.810. The van der Waals surface area contributed by atoms with Crippen molar-refractivity contribution >= 4 is 21.7 Å². The molecule has 0 aliphatic rings. The molecular formula is C15H14BrNO2. The fourth-order valence-corrected chi connectivity index (χ4v) is 2.31. The molecule has 0 saturated carbocycles. The first kappa shape index (κ1) is 13.7. The molecule has 0 bridgehead atoms. The van der Waals surface area contributed by atoms with E-state index in [-0.39, 0.29) is 5.78 Å². The lowest BCUT2D eigenvalue weighted by Crippen LogP contribution is -2.05. The molecule has 0 aliphatic carbocycles. The molecule has 0 fully saturated rings. The molecule has 0 aliphatic heterocycles. The molecule has 19 heavy (non-hydrogen) atoms. The second kappa shape index (κ2) is 5.53. The number of methoxy groups -OCH3 is 1. The molecule has 4 heteroatoms. The van der Waals surface area contributed by atoms with Crippen LogP contribution in [-0.2, 0) is 0 Å². The van der Waals surface area contributed by atoms with E-state index in [9.17, 15) is 4.79 Å². The highest BCUT2D eigenvalue weighted by molar-refractivity contribution is 9.10. The average Bonchev–Trinajstić information content (AvgIpc) is 2.40. The Kier molecular flexibility index (Phi) is 4.00. The van der Waals surface area contributed by atoms with E-state index >= 15 is 0 Å². The fourth-order valence-electron chi connectivity index (χ4n) is 1.95. The molecule has 98 valence electrons. The Morgan fingerprint density at radius 3 is 2.53 bits per heavy atom. The molecule has 0 unspecified atom stereocenters. The van der Waals surface area contributed by atoms with Crippen molar-refractivity contribution in [3.63, 3.8) is 0 Å². The van der Waals surface area contributed by atoms with Crippen LogP contribution >= 0.6 is 15.9 Å². The van der Waals surface area contributed by atoms with Gasteiger partial charge in [-0.2, -0.15) is 0 Å². The van der Waals surface area contributed by atoms with Gasteiger partial charge in [0.05, 0.1) is 7.11 Å². The van der Waals surface area contributed by atoms with Gasteiger partial charge in [-0.3, -0.25) is 9.78 Å². The van der Waals surface area contributed by atoms with Crippen LogP contribution in [0.15, 0.2) is 35.1 Å². The summed E-state index contributed by atoms with van der Waals surface area (Å²) in [5.74, 6) is 0.762. The van der Waals surface area contributed by atoms with Crippen LogP contribution in [-0.4, -0.2) is 17.9 Å². The van der Waals surface area contributed by atoms with Crippen LogP contribution < -0.4 is 4.74 Å². The summed E-state index contributed by atoms with van der Waals surface area (Å²) < 4.78 is 6.05. The number of hydrogen-bond donors (Lipinski definition) is 0. The Bertz CT molecular complexity index is 638. The molecule has 1 aromatic carbocycles. The maximum atomic E-state index is 12.5. The van der Waals surface area contributed by atoms with Crippen LogP contribution in [0.1, 0.15) is 27.0 Å². The van der Waals surface area contributed by atoms with Crippen molar-refractivity contribution in [3.8, 4) is 5.75 Å². The van der Waals surface area contributed by atoms with E-state index in [2.05, 4.69) is 20.9 Å². The van der Waals surface area contributed by atoms with Crippen LogP contribution in [0.2, 0.25) is 0 Å². The number of aromatic nitrogens is 1. The number of ether oxygens (including phenoxy) is 1. The molecule has 1 aromatic heterocycles. The molecular weight excluding hydrogens is 306 g/mol. The zero-order valence-corrected chi connectivity index (χ0v) is 12.6. The molecule has 3 nitrogen and oxygen atoms in total. The van der Waals surface area contributed by atoms with Gasteiger partial charge >= 0.3 is 0 Å². The van der Waals surface area contributed by atoms with Gasteiger partial charge in [0, 0.05) is 28.0 Å². The van der Waals surface area contributed by atoms with Crippen LogP contribution in [0.5, 0.6) is 5.75 Å². The fraction of sp³-hybridized carbons (Fsp3) is 0.200. The summed E-state index contributed by atoms with van der Waals surface area (Å²) in [6.07, 6.45) is 3.23. The number of aryl methyl sites for hydroxylation is 2. The second-order valence-corrected chi connectivity index (χ2v) is 5.27. The standard InChI is InChI=1S/C15H14BrNO2/c1-9-5-14(19-3)10(2)4-13(9)15(18)11-6-12(16)8-17-7-11/h4-8H,1-3H3. The van der Waals surface area contributed by atoms with Crippen LogP contribution in [0, 0.1) is 13.8 Å². The number of carbonyl (C=O) groups is 1. The predicted octanol–water partition coefficient (Wildman–Crippen LogP) is 3.70. The Labute approximate surface area is 120 Å². The van der Waals surface area contributed by atoms with Gasteiger partial charge in [-0.1, -0.05) is 0 Å². The molecule has 0 atom stereocenters. The van der Waals surface area contributed by atoms with Crippen molar-refractivity contribution in [2.75, 3.05) is 7.11 Å². The number of halogens is 1. The largest absolute Gasteiger partial charge is 0.496 e. The summed E-state index contributed by atoms with van der Waals surface area (Å²) in [6, 6.07) is 5.51. The van der Waals surface area contributed by atoms with E-state index in [0.29, 0.717) is 11.1 Å². The van der Waals surface area contributed by atoms with Gasteiger partial charge in [0.15, 0.2) is 5.78 Å². The summed E-state index contributed by atoms with van der Waals surface area (Å²) in [6.45, 7) is 3.83. The number of benzene rings is 1. The molecule has 1 heterocycles. The van der Waals surface area contributed by atoms with Crippen molar-refractivity contribution in [1.29, 1.82) is 0 Å². The monoisotopic (exact) mass is 319 g/mol. The predicted molar refractivity (Wildman–Crippen MR) is 77.8 cm³/mol. The van der Waals surface area contributed by atoms with Gasteiger partial charge in [-0.15, -0.1) is 0 Å². The number of ketones is 1. The van der Waals surface area contributed by atoms with Gasteiger partial charge in [-0.05, 0) is 59.1 Å². The maximum absolute atomic E-state index is 12.5. The first-order valence-corrected chi connectivity index (χ1v) is 6.62. The minimum Gasteiger partial charge on any atom is -0.496 e. The van der Waals surface area contributed by atoms with Crippen molar-refractivity contribution in [2.45, 2.75) is 13.8 Å². The summed E-state index contributed by atoms with van der Waals surface area (Å²) in [7, 11) is 1.63. The zero-order valence-electron chi connectivity index (χ0n) is 11.0. The minimum atomic E-state index is -0.0305. The van der Waals surface area contributed by atoms with Crippen molar-refractivity contribution in [1.82, 2.24) is 4.98 Å². The third kappa shape index (κ3) is 2.84. The first-order valence-electron chi connectivity index (χ1n) is 5.83. The summed E-state index contributed by atoms with van der Waals surface area (Å²) in [4.78, 5) is 16.5. The molecule has 0 N–H and O–H groups in total. The van der Waals surface area contributed by atoms with Crippen LogP contribution in [0.4, 0.5) is 0 Å². The third-order valence-electron chi connectivity index (χ3n) is 2.95. The van der Waals surface area contributed by atoms with Crippen molar-refractivity contribution in [2.24, 2.45) is 0 Å². The number of hydrogen-bond acceptors (Lipinski definition) is 3. The molecule has 0 spiro atoms. The Balaban J connectivity index is 2.47. The molecule has 0 saturated heterocycles. The number of rotatable bonds is 3. The van der Waals surface area contributed by atoms with Gasteiger partial charge in [0.25, 0.3) is 0 Å². The topological polar surface area (TPSA) is 39.2 Å². The van der Waals surface area contributed by atoms with E-state index in [4.69, 9.17) is 4.74 Å². The highest BCUT2D eigenvalue weighted by atomic mass is 79.9. The lowest BCUT2D eigenvalue weighted by Gasteiger charge is -2.10. The van der Waals surface area contributed by atoms with Crippen LogP contribution in [0.25, 0.3) is 0 Å². The van der Waals surface area contributed by atoms with Gasteiger partial charge in [-0.25, -0.2) is 0 Å². The molecule has 2 aromatic rings. The summed E-state index contributed by atoms with van der Waals surface area (Å²) in [5.41, 5.74) is 3.09. The highest BCUT2D eigenvalue weighted by Gasteiger charge is 2.14. The smallest absolute Gasteiger partial charge is 0.194 e. The first-order chi connectivity index (χ1) is 9.02. The Morgan fingerprint density at radius 1 is 1.16 bits per heavy atom. The van der Waals surface area contributed by atoms with Crippen LogP contribution in [0.3, 0.4) is 0 Å². The van der Waals surface area contributed by atoms with Gasteiger partial charge < -0.3 is 4.74 Å². The molecule has 0 amide bonds. The number of pyridine rings is 1. The van der Waals surface area contributed by atoms with Crippen molar-refractivity contribution < 1.29 is 9.53 Å². The molecule has 0 radical (unpaired) electrons. The third-order valence-corrected chi connectivity index (χ3v) is 3.39. The second-order valence-electron chi connectivity index (χ2n) is 4.36. The summed E-state index contributed by atoms with van der Waals surface area (Å²) >= 11 is 3.32. The van der Waals surface area contributed by atoms with E-state index in [1.807, 2.05) is 26.0 Å². The van der Waals surface area contributed by atoms with Gasteiger partial charge in [0.2, 0.25) is 0 Å². The number of nitrogens with zero attached hydrogens (tertiary/aromatic N) is 1. The Morgan fingerprint density at radius 2 is 1.89 bits per heavy atom. The van der Waals surface area contributed by atoms with E-state index in [1.165, 1.54) is 0 Å². The molecule has 2 rings (SSSR count). The van der Waals surface area contributed by atoms with E-state index in [1.54, 1.807) is 25.6 Å². The number of carbonyl (C=O) groups excluding carboxylic acids is 1. The average molecular weight is 320 g/mol. The SMILES string of the molecule is COc1cc(C)c(C(=O)c2cncc(Br)c2)cc1C. The zero-order chi connectivity index (χ0) is 14.0. The lowest BCUT2D eigenvalue weighted by molar-refractivity contribution is 0.103. The van der Waals surface area contributed by atoms with Crippen molar-refractivity contribution in [3.05, 3.63) is 57.3 Å². The van der Waals surface area contributed by atoms with E-state index < -0.39 is 0 Å². The normalized spacial score (nSPS) is 10.3. The Hall–Kier alpha value is -1.68. The minimum absolute atomic E-state index is 0.0305. The van der Waals surface area contributed by atoms with Gasteiger partial charge in [0.1, 0.15) is 5.75 Å². The highest BCUT2D eigenvalue weighted by Crippen LogP contribution is 2.24. The van der Waals surface area contributed by atoms with E-state index in [0.717, 1.165) is 21.3 Å². The maximum Gasteiger partial charge on any atom is 0.194 e. The summed E-state index contributed by atoms with van der Waals surface area (Å²) in [5, 5.41) is 0. The lowest BCUT2D eigenvalue weighted by atomic mass is 9.97.